The van der Waals surface area contributed by atoms with E-state index in [-0.39, 0.29) is 0 Å². The first kappa shape index (κ1) is 16.0. The molecule has 111 valence electrons. The quantitative estimate of drug-likeness (QED) is 0.517. The van der Waals surface area contributed by atoms with Crippen LogP contribution in [0.1, 0.15) is 31.7 Å². The minimum absolute atomic E-state index is 0.442. The van der Waals surface area contributed by atoms with E-state index in [1.165, 1.54) is 0 Å². The van der Waals surface area contributed by atoms with Gasteiger partial charge in [0.25, 0.3) is 0 Å². The Hall–Kier alpha value is -1.37. The summed E-state index contributed by atoms with van der Waals surface area (Å²) in [7, 11) is -2.85. The Balaban J connectivity index is 2.16. The fraction of sp³-hybridized carbons (Fsp3) is 0.333. The summed E-state index contributed by atoms with van der Waals surface area (Å²) in [6.45, 7) is 2.70. The lowest BCUT2D eigenvalue weighted by Gasteiger charge is -2.19. The Kier molecular flexibility index (Phi) is 6.22. The maximum Gasteiger partial charge on any atom is 0.236 e. The third-order valence-electron chi connectivity index (χ3n) is 3.38. The van der Waals surface area contributed by atoms with Crippen molar-refractivity contribution in [2.45, 2.75) is 32.3 Å². The first-order valence-corrected chi connectivity index (χ1v) is 9.30. The summed E-state index contributed by atoms with van der Waals surface area (Å²) in [6, 6.07) is 20.1. The number of hydrogen-bond acceptors (Lipinski definition) is 2. The molecular formula is C18H22O2P. The van der Waals surface area contributed by atoms with Gasteiger partial charge in [0.2, 0.25) is 7.37 Å². The monoisotopic (exact) mass is 301 g/mol. The second-order valence-corrected chi connectivity index (χ2v) is 7.55. The van der Waals surface area contributed by atoms with E-state index in [0.29, 0.717) is 12.8 Å². The molecule has 0 aliphatic carbocycles. The highest BCUT2D eigenvalue weighted by molar-refractivity contribution is 7.66. The van der Waals surface area contributed by atoms with E-state index in [4.69, 9.17) is 4.52 Å². The maximum atomic E-state index is 13.3. The van der Waals surface area contributed by atoms with Gasteiger partial charge in [-0.3, -0.25) is 4.57 Å². The van der Waals surface area contributed by atoms with E-state index in [9.17, 15) is 4.57 Å². The molecule has 0 bridgehead atoms. The zero-order valence-corrected chi connectivity index (χ0v) is 13.4. The molecule has 0 spiro atoms. The van der Waals surface area contributed by atoms with E-state index >= 15 is 0 Å². The molecular weight excluding hydrogens is 279 g/mol. The number of rotatable bonds is 8. The molecule has 0 aliphatic heterocycles. The van der Waals surface area contributed by atoms with Crippen LogP contribution in [0.2, 0.25) is 0 Å². The first-order chi connectivity index (χ1) is 10.2. The van der Waals surface area contributed by atoms with Crippen LogP contribution >= 0.6 is 7.37 Å². The first-order valence-electron chi connectivity index (χ1n) is 7.49. The Labute approximate surface area is 127 Å². The number of hydrogen-bond donors (Lipinski definition) is 0. The molecule has 0 aromatic heterocycles. The fourth-order valence-corrected chi connectivity index (χ4v) is 4.36. The van der Waals surface area contributed by atoms with Gasteiger partial charge in [-0.2, -0.15) is 0 Å². The fourth-order valence-electron chi connectivity index (χ4n) is 2.20. The van der Waals surface area contributed by atoms with Crippen LogP contribution in [0.25, 0.3) is 0 Å². The largest absolute Gasteiger partial charge is 0.325 e. The van der Waals surface area contributed by atoms with Gasteiger partial charge in [-0.1, -0.05) is 62.2 Å². The zero-order valence-electron chi connectivity index (χ0n) is 12.5. The van der Waals surface area contributed by atoms with Gasteiger partial charge in [0, 0.05) is 5.30 Å². The van der Waals surface area contributed by atoms with Gasteiger partial charge in [-0.05, 0) is 30.2 Å². The summed E-state index contributed by atoms with van der Waals surface area (Å²) >= 11 is 0. The molecule has 21 heavy (non-hydrogen) atoms. The molecule has 2 aromatic rings. The third kappa shape index (κ3) is 4.84. The summed E-state index contributed by atoms with van der Waals surface area (Å²) in [5, 5.41) is 0.800. The molecule has 1 radical (unpaired) electrons. The predicted molar refractivity (Wildman–Crippen MR) is 88.1 cm³/mol. The van der Waals surface area contributed by atoms with E-state index in [1.807, 2.05) is 54.6 Å². The molecule has 0 fully saturated rings. The Morgan fingerprint density at radius 1 is 1.05 bits per heavy atom. The molecule has 0 saturated heterocycles. The van der Waals surface area contributed by atoms with Gasteiger partial charge < -0.3 is 4.52 Å². The van der Waals surface area contributed by atoms with Crippen molar-refractivity contribution in [3.8, 4) is 0 Å². The van der Waals surface area contributed by atoms with Crippen LogP contribution in [-0.2, 0) is 15.3 Å². The molecule has 0 aliphatic rings. The van der Waals surface area contributed by atoms with E-state index in [1.54, 1.807) is 0 Å². The zero-order chi connectivity index (χ0) is 15.0. The average molecular weight is 301 g/mol. The van der Waals surface area contributed by atoms with Crippen molar-refractivity contribution >= 4 is 12.7 Å². The molecule has 2 rings (SSSR count). The molecule has 0 heterocycles. The Morgan fingerprint density at radius 2 is 1.76 bits per heavy atom. The van der Waals surface area contributed by atoms with Crippen LogP contribution in [0.4, 0.5) is 0 Å². The molecule has 1 atom stereocenters. The van der Waals surface area contributed by atoms with Crippen molar-refractivity contribution in [3.63, 3.8) is 0 Å². The minimum Gasteiger partial charge on any atom is -0.325 e. The van der Waals surface area contributed by atoms with E-state index in [2.05, 4.69) is 13.0 Å². The van der Waals surface area contributed by atoms with Crippen molar-refractivity contribution in [2.75, 3.05) is 6.61 Å². The van der Waals surface area contributed by atoms with E-state index in [0.717, 1.165) is 30.1 Å². The van der Waals surface area contributed by atoms with Crippen molar-refractivity contribution in [3.05, 3.63) is 66.2 Å². The summed E-state index contributed by atoms with van der Waals surface area (Å²) in [5.41, 5.74) is 1.02. The SMILES string of the molecule is CCCCCOP(=O)(Cc1cc[c]cc1)c1ccccc1. The van der Waals surface area contributed by atoms with Crippen molar-refractivity contribution < 1.29 is 9.09 Å². The lowest BCUT2D eigenvalue weighted by atomic mass is 10.2. The summed E-state index contributed by atoms with van der Waals surface area (Å²) < 4.78 is 19.2. The van der Waals surface area contributed by atoms with E-state index < -0.39 is 7.37 Å². The number of benzene rings is 2. The van der Waals surface area contributed by atoms with Crippen molar-refractivity contribution in [1.82, 2.24) is 0 Å². The van der Waals surface area contributed by atoms with Crippen LogP contribution < -0.4 is 5.30 Å². The molecule has 2 aromatic carbocycles. The summed E-state index contributed by atoms with van der Waals surface area (Å²) in [4.78, 5) is 0. The smallest absolute Gasteiger partial charge is 0.236 e. The van der Waals surface area contributed by atoms with Crippen LogP contribution in [0, 0.1) is 6.07 Å². The molecule has 0 N–H and O–H groups in total. The van der Waals surface area contributed by atoms with Crippen LogP contribution in [0.5, 0.6) is 0 Å². The molecule has 2 nitrogen and oxygen atoms in total. The Bertz CT molecular complexity index is 566. The van der Waals surface area contributed by atoms with Gasteiger partial charge in [0.15, 0.2) is 0 Å². The molecule has 3 heteroatoms. The van der Waals surface area contributed by atoms with Crippen molar-refractivity contribution in [1.29, 1.82) is 0 Å². The van der Waals surface area contributed by atoms with Crippen molar-refractivity contribution in [2.24, 2.45) is 0 Å². The highest BCUT2D eigenvalue weighted by Gasteiger charge is 2.26. The van der Waals surface area contributed by atoms with Gasteiger partial charge in [0.05, 0.1) is 12.8 Å². The molecule has 0 amide bonds. The lowest BCUT2D eigenvalue weighted by Crippen LogP contribution is -2.10. The van der Waals surface area contributed by atoms with Gasteiger partial charge in [-0.25, -0.2) is 0 Å². The Morgan fingerprint density at radius 3 is 2.43 bits per heavy atom. The topological polar surface area (TPSA) is 26.3 Å². The normalized spacial score (nSPS) is 13.8. The molecule has 0 saturated carbocycles. The van der Waals surface area contributed by atoms with Gasteiger partial charge in [-0.15, -0.1) is 0 Å². The average Bonchev–Trinajstić information content (AvgIpc) is 2.53. The third-order valence-corrected chi connectivity index (χ3v) is 5.84. The summed E-state index contributed by atoms with van der Waals surface area (Å²) in [5.74, 6) is 0. The minimum atomic E-state index is -2.85. The molecule has 1 unspecified atom stereocenters. The maximum absolute atomic E-state index is 13.3. The van der Waals surface area contributed by atoms with Crippen LogP contribution in [0.15, 0.2) is 54.6 Å². The highest BCUT2D eigenvalue weighted by Crippen LogP contribution is 2.49. The standard InChI is InChI=1S/C18H22O2P/c1-2-3-10-15-20-21(19,18-13-8-5-9-14-18)16-17-11-6-4-7-12-17/h5-9,11-14H,2-3,10,15-16H2,1H3. The second kappa shape index (κ2) is 8.17. The lowest BCUT2D eigenvalue weighted by molar-refractivity contribution is 0.309. The summed E-state index contributed by atoms with van der Waals surface area (Å²) in [6.07, 6.45) is 3.64. The second-order valence-electron chi connectivity index (χ2n) is 5.12. The predicted octanol–water partition coefficient (Wildman–Crippen LogP) is 4.80. The van der Waals surface area contributed by atoms with Crippen LogP contribution in [-0.4, -0.2) is 6.61 Å². The van der Waals surface area contributed by atoms with Crippen LogP contribution in [0.3, 0.4) is 0 Å². The number of unbranched alkanes of at least 4 members (excludes halogenated alkanes) is 2. The highest BCUT2D eigenvalue weighted by atomic mass is 31.2. The van der Waals surface area contributed by atoms with Gasteiger partial charge in [0.1, 0.15) is 0 Å². The van der Waals surface area contributed by atoms with Gasteiger partial charge >= 0.3 is 0 Å².